The minimum Gasteiger partial charge on any atom is -0.398 e. The molecule has 1 aromatic carbocycles. The van der Waals surface area contributed by atoms with Gasteiger partial charge < -0.3 is 10.5 Å². The molecule has 0 aliphatic carbocycles. The maximum absolute atomic E-state index is 12.3. The average Bonchev–Trinajstić information content (AvgIpc) is 2.30. The lowest BCUT2D eigenvalue weighted by atomic mass is 10.2. The van der Waals surface area contributed by atoms with Gasteiger partial charge in [-0.15, -0.1) is 0 Å². The fraction of sp³-hybridized carbons (Fsp3) is 0.500. The van der Waals surface area contributed by atoms with E-state index in [0.717, 1.165) is 0 Å². The molecule has 0 aromatic heterocycles. The number of sulfonamides is 1. The van der Waals surface area contributed by atoms with E-state index in [9.17, 15) is 8.42 Å². The van der Waals surface area contributed by atoms with Crippen LogP contribution < -0.4 is 10.5 Å². The normalized spacial score (nSPS) is 13.5. The predicted octanol–water partition coefficient (Wildman–Crippen LogP) is 1.93. The van der Waals surface area contributed by atoms with E-state index in [-0.39, 0.29) is 10.9 Å². The third kappa shape index (κ3) is 4.35. The monoisotopic (exact) mass is 306 g/mol. The minimum absolute atomic E-state index is 0.0980. The van der Waals surface area contributed by atoms with Crippen LogP contribution in [0.3, 0.4) is 0 Å². The largest absolute Gasteiger partial charge is 0.398 e. The number of benzene rings is 1. The first-order valence-electron chi connectivity index (χ1n) is 5.93. The van der Waals surface area contributed by atoms with Crippen LogP contribution >= 0.6 is 11.6 Å². The van der Waals surface area contributed by atoms with Crippen molar-refractivity contribution in [3.8, 4) is 0 Å². The molecule has 1 atom stereocenters. The van der Waals surface area contributed by atoms with Crippen LogP contribution in [-0.4, -0.2) is 27.7 Å². The number of nitrogens with two attached hydrogens (primary N) is 1. The Morgan fingerprint density at radius 3 is 2.68 bits per heavy atom. The molecule has 0 spiro atoms. The molecule has 0 heterocycles. The van der Waals surface area contributed by atoms with Crippen LogP contribution in [0.15, 0.2) is 17.0 Å². The van der Waals surface area contributed by atoms with E-state index in [4.69, 9.17) is 22.1 Å². The maximum Gasteiger partial charge on any atom is 0.241 e. The second kappa shape index (κ2) is 6.56. The summed E-state index contributed by atoms with van der Waals surface area (Å²) in [5, 5.41) is 0.293. The molecule has 0 fully saturated rings. The van der Waals surface area contributed by atoms with Crippen LogP contribution in [0.25, 0.3) is 0 Å². The quantitative estimate of drug-likeness (QED) is 0.787. The van der Waals surface area contributed by atoms with Gasteiger partial charge in [0.2, 0.25) is 10.0 Å². The Morgan fingerprint density at radius 2 is 2.11 bits per heavy atom. The first kappa shape index (κ1) is 16.2. The highest BCUT2D eigenvalue weighted by molar-refractivity contribution is 7.89. The van der Waals surface area contributed by atoms with Gasteiger partial charge in [-0.2, -0.15) is 0 Å². The fourth-order valence-corrected chi connectivity index (χ4v) is 3.43. The molecule has 0 bridgehead atoms. The highest BCUT2D eigenvalue weighted by Gasteiger charge is 2.21. The fourth-order valence-electron chi connectivity index (χ4n) is 1.61. The second-order valence-corrected chi connectivity index (χ2v) is 6.42. The van der Waals surface area contributed by atoms with Crippen molar-refractivity contribution in [2.75, 3.05) is 18.9 Å². The zero-order valence-electron chi connectivity index (χ0n) is 11.2. The Labute approximate surface area is 119 Å². The Bertz CT molecular complexity index is 546. The third-order valence-corrected chi connectivity index (χ3v) is 4.52. The molecule has 1 unspecified atom stereocenters. The zero-order valence-corrected chi connectivity index (χ0v) is 12.8. The first-order chi connectivity index (χ1) is 8.77. The van der Waals surface area contributed by atoms with Gasteiger partial charge in [0, 0.05) is 23.4 Å². The minimum atomic E-state index is -3.66. The van der Waals surface area contributed by atoms with Crippen LogP contribution in [-0.2, 0) is 14.8 Å². The van der Waals surface area contributed by atoms with Gasteiger partial charge in [-0.3, -0.25) is 0 Å². The highest BCUT2D eigenvalue weighted by Crippen LogP contribution is 2.25. The van der Waals surface area contributed by atoms with E-state index in [0.29, 0.717) is 29.5 Å². The second-order valence-electron chi connectivity index (χ2n) is 4.30. The van der Waals surface area contributed by atoms with Gasteiger partial charge in [-0.25, -0.2) is 13.1 Å². The first-order valence-corrected chi connectivity index (χ1v) is 7.79. The summed E-state index contributed by atoms with van der Waals surface area (Å²) in [7, 11) is -3.66. The smallest absolute Gasteiger partial charge is 0.241 e. The number of hydrogen-bond acceptors (Lipinski definition) is 4. The van der Waals surface area contributed by atoms with Gasteiger partial charge in [0.1, 0.15) is 0 Å². The van der Waals surface area contributed by atoms with Gasteiger partial charge >= 0.3 is 0 Å². The predicted molar refractivity (Wildman–Crippen MR) is 76.9 cm³/mol. The topological polar surface area (TPSA) is 81.4 Å². The van der Waals surface area contributed by atoms with Crippen LogP contribution in [0, 0.1) is 6.92 Å². The molecular weight excluding hydrogens is 288 g/mol. The van der Waals surface area contributed by atoms with Crippen LogP contribution in [0.4, 0.5) is 5.69 Å². The molecule has 108 valence electrons. The molecule has 0 saturated carbocycles. The molecule has 5 nitrogen and oxygen atoms in total. The van der Waals surface area contributed by atoms with Crippen LogP contribution in [0.5, 0.6) is 0 Å². The van der Waals surface area contributed by atoms with Gasteiger partial charge in [0.05, 0.1) is 11.5 Å². The molecule has 3 N–H and O–H groups in total. The summed E-state index contributed by atoms with van der Waals surface area (Å²) < 4.78 is 32.2. The van der Waals surface area contributed by atoms with Gasteiger partial charge in [0.15, 0.2) is 0 Å². The van der Waals surface area contributed by atoms with Crippen molar-refractivity contribution in [1.29, 1.82) is 0 Å². The summed E-state index contributed by atoms with van der Waals surface area (Å²) >= 11 is 5.85. The maximum atomic E-state index is 12.3. The van der Waals surface area contributed by atoms with E-state index in [2.05, 4.69) is 4.72 Å². The SMILES string of the molecule is CCOCC(C)NS(=O)(=O)c1cc(Cl)cc(N)c1C. The van der Waals surface area contributed by atoms with Gasteiger partial charge in [-0.1, -0.05) is 11.6 Å². The lowest BCUT2D eigenvalue weighted by molar-refractivity contribution is 0.133. The Morgan fingerprint density at radius 1 is 1.47 bits per heavy atom. The Hall–Kier alpha value is -0.820. The van der Waals surface area contributed by atoms with Crippen molar-refractivity contribution in [3.05, 3.63) is 22.7 Å². The molecule has 7 heteroatoms. The molecule has 0 amide bonds. The average molecular weight is 307 g/mol. The third-order valence-electron chi connectivity index (χ3n) is 2.58. The van der Waals surface area contributed by atoms with E-state index in [1.54, 1.807) is 13.8 Å². The van der Waals surface area contributed by atoms with Crippen LogP contribution in [0.2, 0.25) is 5.02 Å². The molecule has 0 radical (unpaired) electrons. The molecule has 0 saturated heterocycles. The van der Waals surface area contributed by atoms with Crippen LogP contribution in [0.1, 0.15) is 19.4 Å². The number of anilines is 1. The Kier molecular flexibility index (Phi) is 5.61. The van der Waals surface area contributed by atoms with Crippen molar-refractivity contribution in [1.82, 2.24) is 4.72 Å². The summed E-state index contributed by atoms with van der Waals surface area (Å²) in [4.78, 5) is 0.0980. The standard InChI is InChI=1S/C12H19ClN2O3S/c1-4-18-7-8(2)15-19(16,17)12-6-10(13)5-11(14)9(12)3/h5-6,8,15H,4,7,14H2,1-3H3. The number of nitrogen functional groups attached to an aromatic ring is 1. The number of ether oxygens (including phenoxy) is 1. The molecule has 19 heavy (non-hydrogen) atoms. The van der Waals surface area contributed by atoms with Crippen molar-refractivity contribution < 1.29 is 13.2 Å². The number of nitrogens with one attached hydrogen (secondary N) is 1. The number of hydrogen-bond donors (Lipinski definition) is 2. The Balaban J connectivity index is 3.01. The summed E-state index contributed by atoms with van der Waals surface area (Å²) in [5.41, 5.74) is 6.57. The van der Waals surface area contributed by atoms with E-state index in [1.165, 1.54) is 12.1 Å². The number of rotatable bonds is 6. The van der Waals surface area contributed by atoms with Crippen molar-refractivity contribution in [3.63, 3.8) is 0 Å². The lowest BCUT2D eigenvalue weighted by Gasteiger charge is -2.16. The number of halogens is 1. The lowest BCUT2D eigenvalue weighted by Crippen LogP contribution is -2.36. The van der Waals surface area contributed by atoms with E-state index < -0.39 is 10.0 Å². The summed E-state index contributed by atoms with van der Waals surface area (Å²) in [6, 6.07) is 2.59. The van der Waals surface area contributed by atoms with Crippen molar-refractivity contribution in [2.24, 2.45) is 0 Å². The molecular formula is C12H19ClN2O3S. The molecule has 0 aliphatic heterocycles. The van der Waals surface area contributed by atoms with E-state index in [1.807, 2.05) is 6.92 Å². The van der Waals surface area contributed by atoms with E-state index >= 15 is 0 Å². The zero-order chi connectivity index (χ0) is 14.6. The molecule has 0 aliphatic rings. The molecule has 1 rings (SSSR count). The summed E-state index contributed by atoms with van der Waals surface area (Å²) in [5.74, 6) is 0. The van der Waals surface area contributed by atoms with Gasteiger partial charge in [0.25, 0.3) is 0 Å². The van der Waals surface area contributed by atoms with Crippen molar-refractivity contribution >= 4 is 27.3 Å². The summed E-state index contributed by atoms with van der Waals surface area (Å²) in [6.45, 7) is 6.08. The highest BCUT2D eigenvalue weighted by atomic mass is 35.5. The molecule has 1 aromatic rings. The van der Waals surface area contributed by atoms with Gasteiger partial charge in [-0.05, 0) is 38.5 Å². The summed E-state index contributed by atoms with van der Waals surface area (Å²) in [6.07, 6.45) is 0. The van der Waals surface area contributed by atoms with Crippen molar-refractivity contribution in [2.45, 2.75) is 31.7 Å².